The number of nitrogens with zero attached hydrogens (tertiary/aromatic N) is 3. The Balaban J connectivity index is 3.09. The monoisotopic (exact) mass is 164 g/mol. The van der Waals surface area contributed by atoms with Crippen LogP contribution < -0.4 is 11.3 Å². The second kappa shape index (κ2) is 2.10. The van der Waals surface area contributed by atoms with Crippen LogP contribution in [-0.2, 0) is 7.05 Å². The molecule has 0 spiro atoms. The summed E-state index contributed by atoms with van der Waals surface area (Å²) in [7, 11) is 1.81. The van der Waals surface area contributed by atoms with E-state index in [-0.39, 0.29) is 5.56 Å². The number of anilines is 1. The molecule has 5 heteroatoms. The lowest BCUT2D eigenvalue weighted by molar-refractivity contribution is 0.825. The van der Waals surface area contributed by atoms with E-state index < -0.39 is 0 Å². The Morgan fingerprint density at radius 2 is 2.33 bits per heavy atom. The zero-order valence-corrected chi connectivity index (χ0v) is 6.56. The Morgan fingerprint density at radius 1 is 1.58 bits per heavy atom. The molecular weight excluding hydrogens is 156 g/mol. The van der Waals surface area contributed by atoms with Crippen LogP contribution in [0.1, 0.15) is 0 Å². The van der Waals surface area contributed by atoms with Gasteiger partial charge in [-0.05, 0) is 0 Å². The molecule has 0 aliphatic carbocycles. The highest BCUT2D eigenvalue weighted by Crippen LogP contribution is 2.07. The predicted molar refractivity (Wildman–Crippen MR) is 44.8 cm³/mol. The van der Waals surface area contributed by atoms with Gasteiger partial charge in [-0.2, -0.15) is 9.61 Å². The van der Waals surface area contributed by atoms with Crippen LogP contribution in [0.4, 0.5) is 5.69 Å². The Kier molecular flexibility index (Phi) is 1.21. The van der Waals surface area contributed by atoms with Gasteiger partial charge in [-0.3, -0.25) is 4.79 Å². The Hall–Kier alpha value is -1.78. The summed E-state index contributed by atoms with van der Waals surface area (Å²) in [6.45, 7) is 0. The van der Waals surface area contributed by atoms with E-state index in [1.165, 1.54) is 16.8 Å². The first-order valence-electron chi connectivity index (χ1n) is 3.49. The van der Waals surface area contributed by atoms with E-state index in [4.69, 9.17) is 5.73 Å². The maximum Gasteiger partial charge on any atom is 0.274 e. The molecule has 2 aromatic rings. The summed E-state index contributed by atoms with van der Waals surface area (Å²) < 4.78 is 3.03. The third-order valence-electron chi connectivity index (χ3n) is 1.75. The SMILES string of the molecule is Cn1ccc(=O)n2ncc(N)c12. The molecule has 5 nitrogen and oxygen atoms in total. The van der Waals surface area contributed by atoms with Gasteiger partial charge in [0.15, 0.2) is 5.65 Å². The minimum atomic E-state index is -0.167. The molecule has 2 rings (SSSR count). The van der Waals surface area contributed by atoms with Crippen LogP contribution in [-0.4, -0.2) is 14.2 Å². The van der Waals surface area contributed by atoms with Gasteiger partial charge in [0.05, 0.1) is 11.9 Å². The normalized spacial score (nSPS) is 10.8. The average molecular weight is 164 g/mol. The number of hydrogen-bond acceptors (Lipinski definition) is 3. The molecule has 0 saturated heterocycles. The van der Waals surface area contributed by atoms with Crippen LogP contribution in [0.5, 0.6) is 0 Å². The highest BCUT2D eigenvalue weighted by atomic mass is 16.1. The fraction of sp³-hybridized carbons (Fsp3) is 0.143. The lowest BCUT2D eigenvalue weighted by Crippen LogP contribution is -2.15. The van der Waals surface area contributed by atoms with E-state index in [9.17, 15) is 4.79 Å². The molecule has 0 aliphatic rings. The van der Waals surface area contributed by atoms with Gasteiger partial charge in [0.2, 0.25) is 0 Å². The average Bonchev–Trinajstić information content (AvgIpc) is 2.42. The third kappa shape index (κ3) is 0.730. The van der Waals surface area contributed by atoms with Crippen LogP contribution in [0.3, 0.4) is 0 Å². The molecule has 2 N–H and O–H groups in total. The Bertz CT molecular complexity index is 482. The third-order valence-corrected chi connectivity index (χ3v) is 1.75. The molecule has 0 unspecified atom stereocenters. The van der Waals surface area contributed by atoms with Gasteiger partial charge in [0.1, 0.15) is 0 Å². The molecular formula is C7H8N4O. The van der Waals surface area contributed by atoms with Gasteiger partial charge < -0.3 is 10.3 Å². The molecule has 12 heavy (non-hydrogen) atoms. The summed E-state index contributed by atoms with van der Waals surface area (Å²) in [5, 5.41) is 3.84. The first-order valence-corrected chi connectivity index (χ1v) is 3.49. The standard InChI is InChI=1S/C7H8N4O/c1-10-3-2-6(12)11-7(10)5(8)4-9-11/h2-4H,8H2,1H3. The molecule has 62 valence electrons. The summed E-state index contributed by atoms with van der Waals surface area (Å²) in [6, 6.07) is 1.44. The molecule has 0 bridgehead atoms. The highest BCUT2D eigenvalue weighted by Gasteiger charge is 2.03. The number of hydrogen-bond donors (Lipinski definition) is 1. The first-order chi connectivity index (χ1) is 5.70. The fourth-order valence-corrected chi connectivity index (χ4v) is 1.19. The number of rotatable bonds is 0. The van der Waals surface area contributed by atoms with Crippen LogP contribution in [0.2, 0.25) is 0 Å². The van der Waals surface area contributed by atoms with Crippen LogP contribution in [0.15, 0.2) is 23.3 Å². The number of aryl methyl sites for hydroxylation is 1. The summed E-state index contributed by atoms with van der Waals surface area (Å²) in [5.41, 5.74) is 6.57. The fourth-order valence-electron chi connectivity index (χ4n) is 1.19. The van der Waals surface area contributed by atoms with Gasteiger partial charge in [0.25, 0.3) is 5.56 Å². The van der Waals surface area contributed by atoms with Crippen molar-refractivity contribution in [1.29, 1.82) is 0 Å². The summed E-state index contributed by atoms with van der Waals surface area (Å²) in [4.78, 5) is 11.2. The van der Waals surface area contributed by atoms with Crippen LogP contribution >= 0.6 is 0 Å². The maximum atomic E-state index is 11.2. The second-order valence-corrected chi connectivity index (χ2v) is 2.60. The Morgan fingerprint density at radius 3 is 3.00 bits per heavy atom. The molecule has 2 heterocycles. The van der Waals surface area contributed by atoms with Crippen molar-refractivity contribution in [3.63, 3.8) is 0 Å². The van der Waals surface area contributed by atoms with E-state index in [2.05, 4.69) is 5.10 Å². The van der Waals surface area contributed by atoms with Gasteiger partial charge in [-0.15, -0.1) is 0 Å². The van der Waals surface area contributed by atoms with Crippen molar-refractivity contribution in [1.82, 2.24) is 14.2 Å². The van der Waals surface area contributed by atoms with E-state index in [0.717, 1.165) is 0 Å². The highest BCUT2D eigenvalue weighted by molar-refractivity contribution is 5.63. The Labute approximate surface area is 68.0 Å². The van der Waals surface area contributed by atoms with E-state index in [0.29, 0.717) is 11.3 Å². The summed E-state index contributed by atoms with van der Waals surface area (Å²) in [5.74, 6) is 0. The molecule has 0 aromatic carbocycles. The van der Waals surface area contributed by atoms with Gasteiger partial charge >= 0.3 is 0 Å². The lowest BCUT2D eigenvalue weighted by Gasteiger charge is -2.00. The second-order valence-electron chi connectivity index (χ2n) is 2.60. The molecule has 0 aliphatic heterocycles. The van der Waals surface area contributed by atoms with Crippen molar-refractivity contribution in [2.45, 2.75) is 0 Å². The number of aromatic nitrogens is 3. The lowest BCUT2D eigenvalue weighted by atomic mass is 10.5. The van der Waals surface area contributed by atoms with E-state index >= 15 is 0 Å². The smallest absolute Gasteiger partial charge is 0.274 e. The van der Waals surface area contributed by atoms with Crippen molar-refractivity contribution in [2.75, 3.05) is 5.73 Å². The van der Waals surface area contributed by atoms with Crippen molar-refractivity contribution < 1.29 is 0 Å². The largest absolute Gasteiger partial charge is 0.394 e. The first kappa shape index (κ1) is 6.90. The number of fused-ring (bicyclic) bond motifs is 1. The van der Waals surface area contributed by atoms with Crippen molar-refractivity contribution in [3.8, 4) is 0 Å². The molecule has 0 amide bonds. The van der Waals surface area contributed by atoms with Crippen molar-refractivity contribution >= 4 is 11.3 Å². The molecule has 0 fully saturated rings. The van der Waals surface area contributed by atoms with Crippen molar-refractivity contribution in [3.05, 3.63) is 28.8 Å². The summed E-state index contributed by atoms with van der Waals surface area (Å²) in [6.07, 6.45) is 3.13. The minimum Gasteiger partial charge on any atom is -0.394 e. The number of nitrogen functional groups attached to an aromatic ring is 1. The predicted octanol–water partition coefficient (Wildman–Crippen LogP) is -0.385. The van der Waals surface area contributed by atoms with Crippen LogP contribution in [0, 0.1) is 0 Å². The van der Waals surface area contributed by atoms with Gasteiger partial charge in [-0.25, -0.2) is 0 Å². The summed E-state index contributed by atoms with van der Waals surface area (Å²) >= 11 is 0. The van der Waals surface area contributed by atoms with Crippen LogP contribution in [0.25, 0.3) is 5.65 Å². The van der Waals surface area contributed by atoms with Gasteiger partial charge in [0, 0.05) is 19.3 Å². The molecule has 0 saturated carbocycles. The number of nitrogens with two attached hydrogens (primary N) is 1. The quantitative estimate of drug-likeness (QED) is 0.577. The van der Waals surface area contributed by atoms with E-state index in [1.54, 1.807) is 10.8 Å². The zero-order chi connectivity index (χ0) is 8.72. The van der Waals surface area contributed by atoms with Gasteiger partial charge in [-0.1, -0.05) is 0 Å². The zero-order valence-electron chi connectivity index (χ0n) is 6.56. The minimum absolute atomic E-state index is 0.167. The van der Waals surface area contributed by atoms with E-state index in [1.807, 2.05) is 7.05 Å². The molecule has 0 radical (unpaired) electrons. The molecule has 0 atom stereocenters. The molecule has 2 aromatic heterocycles. The maximum absolute atomic E-state index is 11.2. The topological polar surface area (TPSA) is 65.3 Å². The van der Waals surface area contributed by atoms with Crippen molar-refractivity contribution in [2.24, 2.45) is 7.05 Å².